The van der Waals surface area contributed by atoms with Gasteiger partial charge in [-0.2, -0.15) is 0 Å². The predicted molar refractivity (Wildman–Crippen MR) is 75.5 cm³/mol. The Labute approximate surface area is 112 Å². The molecule has 1 heteroatoms. The topological polar surface area (TPSA) is 9.23 Å². The Hall–Kier alpha value is -2.02. The first kappa shape index (κ1) is 9.85. The predicted octanol–water partition coefficient (Wildman–Crippen LogP) is 3.90. The molecular weight excluding hydrogens is 232 g/mol. The van der Waals surface area contributed by atoms with Crippen molar-refractivity contribution >= 4 is 6.08 Å². The van der Waals surface area contributed by atoms with Gasteiger partial charge in [-0.05, 0) is 40.7 Å². The van der Waals surface area contributed by atoms with Gasteiger partial charge in [0.25, 0.3) is 0 Å². The lowest BCUT2D eigenvalue weighted by atomic mass is 9.55. The lowest BCUT2D eigenvalue weighted by molar-refractivity contribution is 0.301. The van der Waals surface area contributed by atoms with Crippen LogP contribution in [0.2, 0.25) is 0 Å². The molecule has 1 atom stereocenters. The average Bonchev–Trinajstić information content (AvgIpc) is 2.98. The van der Waals surface area contributed by atoms with E-state index in [1.54, 1.807) is 0 Å². The Morgan fingerprint density at radius 3 is 3.05 bits per heavy atom. The molecule has 19 heavy (non-hydrogen) atoms. The smallest absolute Gasteiger partial charge is 0.113 e. The number of rotatable bonds is 0. The van der Waals surface area contributed by atoms with Crippen LogP contribution in [0.25, 0.3) is 6.08 Å². The maximum Gasteiger partial charge on any atom is 0.113 e. The largest absolute Gasteiger partial charge is 0.496 e. The van der Waals surface area contributed by atoms with Gasteiger partial charge in [0.05, 0.1) is 6.26 Å². The van der Waals surface area contributed by atoms with Gasteiger partial charge in [-0.3, -0.25) is 0 Å². The van der Waals surface area contributed by atoms with Crippen LogP contribution in [0.4, 0.5) is 0 Å². The maximum absolute atomic E-state index is 5.65. The summed E-state index contributed by atoms with van der Waals surface area (Å²) in [5.41, 5.74) is 8.69. The molecule has 6 rings (SSSR count). The van der Waals surface area contributed by atoms with Crippen LogP contribution in [-0.2, 0) is 10.2 Å². The third-order valence-electron chi connectivity index (χ3n) is 5.06. The Bertz CT molecular complexity index is 730. The summed E-state index contributed by atoms with van der Waals surface area (Å²) >= 11 is 0. The zero-order chi connectivity index (χ0) is 12.4. The van der Waals surface area contributed by atoms with Gasteiger partial charge in [0.2, 0.25) is 0 Å². The second-order valence-corrected chi connectivity index (χ2v) is 5.77. The molecule has 1 aromatic carbocycles. The van der Waals surface area contributed by atoms with Crippen molar-refractivity contribution in [3.63, 3.8) is 0 Å². The van der Waals surface area contributed by atoms with Crippen LogP contribution in [0.3, 0.4) is 0 Å². The molecule has 1 nitrogen and oxygen atoms in total. The van der Waals surface area contributed by atoms with Crippen LogP contribution in [0.1, 0.15) is 24.0 Å². The third-order valence-corrected chi connectivity index (χ3v) is 5.06. The lowest BCUT2D eigenvalue weighted by Crippen LogP contribution is -2.39. The van der Waals surface area contributed by atoms with Crippen molar-refractivity contribution in [1.82, 2.24) is 0 Å². The molecule has 0 N–H and O–H groups in total. The highest BCUT2D eigenvalue weighted by Gasteiger charge is 2.50. The molecule has 0 radical (unpaired) electrons. The first-order valence-corrected chi connectivity index (χ1v) is 6.94. The fraction of sp³-hybridized carbons (Fsp3) is 0.222. The number of benzene rings is 1. The fourth-order valence-electron chi connectivity index (χ4n) is 4.20. The third kappa shape index (κ3) is 0.997. The van der Waals surface area contributed by atoms with Gasteiger partial charge in [-0.15, -0.1) is 0 Å². The van der Waals surface area contributed by atoms with Crippen molar-refractivity contribution in [3.05, 3.63) is 76.1 Å². The van der Waals surface area contributed by atoms with E-state index >= 15 is 0 Å². The summed E-state index contributed by atoms with van der Waals surface area (Å²) < 4.78 is 5.65. The van der Waals surface area contributed by atoms with Gasteiger partial charge >= 0.3 is 0 Å². The molecule has 0 saturated heterocycles. The number of allylic oxidation sites excluding steroid dienone is 4. The number of hydrogen-bond acceptors (Lipinski definition) is 1. The highest BCUT2D eigenvalue weighted by molar-refractivity contribution is 5.76. The molecule has 1 aromatic rings. The van der Waals surface area contributed by atoms with Crippen LogP contribution in [-0.4, -0.2) is 6.61 Å². The van der Waals surface area contributed by atoms with E-state index < -0.39 is 0 Å². The summed E-state index contributed by atoms with van der Waals surface area (Å²) in [4.78, 5) is 0. The number of ether oxygens (including phenoxy) is 1. The molecule has 92 valence electrons. The SMILES string of the molecule is C1=Cc2ccccc2C23CCC(=C4COC=C42)C=C13. The minimum Gasteiger partial charge on any atom is -0.496 e. The van der Waals surface area contributed by atoms with E-state index in [1.807, 2.05) is 6.26 Å². The number of hydrogen-bond donors (Lipinski definition) is 0. The monoisotopic (exact) mass is 246 g/mol. The van der Waals surface area contributed by atoms with Crippen LogP contribution in [0, 0.1) is 0 Å². The molecule has 4 aliphatic carbocycles. The first-order valence-electron chi connectivity index (χ1n) is 6.94. The van der Waals surface area contributed by atoms with Crippen molar-refractivity contribution in [2.75, 3.05) is 6.61 Å². The minimum atomic E-state index is 0.0684. The minimum absolute atomic E-state index is 0.0684. The molecule has 1 aliphatic heterocycles. The molecule has 0 saturated carbocycles. The van der Waals surface area contributed by atoms with Crippen LogP contribution in [0.5, 0.6) is 0 Å². The zero-order valence-corrected chi connectivity index (χ0v) is 10.6. The lowest BCUT2D eigenvalue weighted by Gasteiger charge is -2.47. The van der Waals surface area contributed by atoms with Gasteiger partial charge in [-0.25, -0.2) is 0 Å². The van der Waals surface area contributed by atoms with Crippen LogP contribution < -0.4 is 0 Å². The molecule has 0 aromatic heterocycles. The average molecular weight is 246 g/mol. The molecule has 5 aliphatic rings. The standard InChI is InChI=1S/C18H14O/c1-2-4-16-12(3-1)5-6-14-9-13-7-8-18(14,16)17-11-19-10-15(13)17/h1-6,9,11H,7-8,10H2. The van der Waals surface area contributed by atoms with Crippen molar-refractivity contribution in [1.29, 1.82) is 0 Å². The molecule has 0 fully saturated rings. The van der Waals surface area contributed by atoms with E-state index in [4.69, 9.17) is 4.74 Å². The van der Waals surface area contributed by atoms with E-state index in [0.717, 1.165) is 6.61 Å². The zero-order valence-electron chi connectivity index (χ0n) is 10.6. The second-order valence-electron chi connectivity index (χ2n) is 5.77. The highest BCUT2D eigenvalue weighted by atomic mass is 16.5. The van der Waals surface area contributed by atoms with Gasteiger partial charge < -0.3 is 4.74 Å². The van der Waals surface area contributed by atoms with E-state index in [0.29, 0.717) is 0 Å². The molecule has 1 spiro atoms. The van der Waals surface area contributed by atoms with Crippen molar-refractivity contribution in [3.8, 4) is 0 Å². The first-order chi connectivity index (χ1) is 9.39. The second kappa shape index (κ2) is 3.11. The molecule has 1 heterocycles. The fourth-order valence-corrected chi connectivity index (χ4v) is 4.20. The van der Waals surface area contributed by atoms with Crippen LogP contribution >= 0.6 is 0 Å². The summed E-state index contributed by atoms with van der Waals surface area (Å²) in [6.45, 7) is 0.766. The van der Waals surface area contributed by atoms with E-state index in [9.17, 15) is 0 Å². The summed E-state index contributed by atoms with van der Waals surface area (Å²) in [5.74, 6) is 0. The van der Waals surface area contributed by atoms with Gasteiger partial charge in [0, 0.05) is 11.0 Å². The highest BCUT2D eigenvalue weighted by Crippen LogP contribution is 2.58. The van der Waals surface area contributed by atoms with E-state index in [2.05, 4.69) is 42.5 Å². The molecule has 2 bridgehead atoms. The molecule has 0 amide bonds. The quantitative estimate of drug-likeness (QED) is 0.674. The summed E-state index contributed by atoms with van der Waals surface area (Å²) in [5, 5.41) is 0. The maximum atomic E-state index is 5.65. The van der Waals surface area contributed by atoms with Gasteiger partial charge in [-0.1, -0.05) is 42.5 Å². The number of fused-ring (bicyclic) bond motifs is 2. The molecule has 1 unspecified atom stereocenters. The van der Waals surface area contributed by atoms with E-state index in [-0.39, 0.29) is 5.41 Å². The summed E-state index contributed by atoms with van der Waals surface area (Å²) in [6, 6.07) is 8.80. The summed E-state index contributed by atoms with van der Waals surface area (Å²) in [7, 11) is 0. The Morgan fingerprint density at radius 2 is 2.05 bits per heavy atom. The Kier molecular flexibility index (Phi) is 1.61. The van der Waals surface area contributed by atoms with Crippen molar-refractivity contribution in [2.45, 2.75) is 18.3 Å². The van der Waals surface area contributed by atoms with Gasteiger partial charge in [0.1, 0.15) is 6.61 Å². The summed E-state index contributed by atoms with van der Waals surface area (Å²) in [6.07, 6.45) is 11.3. The van der Waals surface area contributed by atoms with E-state index in [1.165, 1.54) is 46.3 Å². The van der Waals surface area contributed by atoms with Crippen LogP contribution in [0.15, 0.2) is 65.0 Å². The Morgan fingerprint density at radius 1 is 1.11 bits per heavy atom. The van der Waals surface area contributed by atoms with Crippen molar-refractivity contribution in [2.24, 2.45) is 0 Å². The van der Waals surface area contributed by atoms with Gasteiger partial charge in [0.15, 0.2) is 0 Å². The Balaban J connectivity index is 1.91. The van der Waals surface area contributed by atoms with Crippen molar-refractivity contribution < 1.29 is 4.74 Å². The molecular formula is C18H14O. The normalized spacial score (nSPS) is 29.3.